The molecule has 1 aromatic heterocycles. The van der Waals surface area contributed by atoms with E-state index < -0.39 is 5.97 Å². The van der Waals surface area contributed by atoms with Gasteiger partial charge < -0.3 is 5.11 Å². The average molecular weight is 230 g/mol. The standard InChI is InChI=1S/C8H8BrNO2/c9-6-2-1-5-10-7(6)3-4-8(11)12/h1-2,5H,3-4H2,(H,11,12). The Bertz CT molecular complexity index is 288. The lowest BCUT2D eigenvalue weighted by molar-refractivity contribution is -0.136. The van der Waals surface area contributed by atoms with Crippen LogP contribution in [0.4, 0.5) is 0 Å². The SMILES string of the molecule is O=C(O)CCc1ncccc1Br. The second-order valence-corrected chi connectivity index (χ2v) is 3.18. The van der Waals surface area contributed by atoms with E-state index in [1.807, 2.05) is 6.07 Å². The molecule has 64 valence electrons. The monoisotopic (exact) mass is 229 g/mol. The minimum absolute atomic E-state index is 0.121. The minimum atomic E-state index is -0.799. The summed E-state index contributed by atoms with van der Waals surface area (Å²) in [6, 6.07) is 3.65. The largest absolute Gasteiger partial charge is 0.481 e. The Labute approximate surface area is 78.6 Å². The Morgan fingerprint density at radius 2 is 2.42 bits per heavy atom. The van der Waals surface area contributed by atoms with Crippen LogP contribution in [0.5, 0.6) is 0 Å². The van der Waals surface area contributed by atoms with Crippen molar-refractivity contribution in [1.29, 1.82) is 0 Å². The molecule has 4 heteroatoms. The number of halogens is 1. The van der Waals surface area contributed by atoms with Gasteiger partial charge in [0.05, 0.1) is 12.1 Å². The quantitative estimate of drug-likeness (QED) is 0.862. The lowest BCUT2D eigenvalue weighted by atomic mass is 10.2. The molecular formula is C8H8BrNO2. The van der Waals surface area contributed by atoms with Crippen LogP contribution in [0.3, 0.4) is 0 Å². The Morgan fingerprint density at radius 3 is 3.00 bits per heavy atom. The normalized spacial score (nSPS) is 9.75. The highest BCUT2D eigenvalue weighted by Gasteiger charge is 2.02. The van der Waals surface area contributed by atoms with E-state index in [1.54, 1.807) is 12.3 Å². The number of rotatable bonds is 3. The van der Waals surface area contributed by atoms with Gasteiger partial charge in [-0.05, 0) is 28.1 Å². The van der Waals surface area contributed by atoms with E-state index in [0.717, 1.165) is 10.2 Å². The molecule has 0 unspecified atom stereocenters. The van der Waals surface area contributed by atoms with Crippen molar-refractivity contribution in [1.82, 2.24) is 4.98 Å². The van der Waals surface area contributed by atoms with Crippen LogP contribution < -0.4 is 0 Å². The predicted octanol–water partition coefficient (Wildman–Crippen LogP) is 1.86. The molecule has 1 aromatic rings. The molecule has 12 heavy (non-hydrogen) atoms. The molecule has 1 N–H and O–H groups in total. The summed E-state index contributed by atoms with van der Waals surface area (Å²) < 4.78 is 0.867. The molecule has 1 rings (SSSR count). The number of carboxylic acids is 1. The average Bonchev–Trinajstić information content (AvgIpc) is 2.03. The zero-order chi connectivity index (χ0) is 8.97. The number of aryl methyl sites for hydroxylation is 1. The van der Waals surface area contributed by atoms with Gasteiger partial charge in [-0.1, -0.05) is 0 Å². The van der Waals surface area contributed by atoms with Crippen LogP contribution in [0.15, 0.2) is 22.8 Å². The lowest BCUT2D eigenvalue weighted by Gasteiger charge is -1.99. The fourth-order valence-corrected chi connectivity index (χ4v) is 1.28. The lowest BCUT2D eigenvalue weighted by Crippen LogP contribution is -1.99. The fourth-order valence-electron chi connectivity index (χ4n) is 0.828. The zero-order valence-electron chi connectivity index (χ0n) is 6.33. The summed E-state index contributed by atoms with van der Waals surface area (Å²) in [4.78, 5) is 14.3. The molecule has 0 aliphatic heterocycles. The topological polar surface area (TPSA) is 50.2 Å². The summed E-state index contributed by atoms with van der Waals surface area (Å²) in [6.45, 7) is 0. The molecule has 0 bridgehead atoms. The number of hydrogen-bond acceptors (Lipinski definition) is 2. The van der Waals surface area contributed by atoms with E-state index in [9.17, 15) is 4.79 Å². The number of hydrogen-bond donors (Lipinski definition) is 1. The second kappa shape index (κ2) is 4.21. The Kier molecular flexibility index (Phi) is 3.22. The summed E-state index contributed by atoms with van der Waals surface area (Å²) in [7, 11) is 0. The third kappa shape index (κ3) is 2.62. The van der Waals surface area contributed by atoms with Crippen molar-refractivity contribution in [2.45, 2.75) is 12.8 Å². The maximum atomic E-state index is 10.2. The first kappa shape index (κ1) is 9.19. The summed E-state index contributed by atoms with van der Waals surface area (Å²) in [6.07, 6.45) is 2.24. The summed E-state index contributed by atoms with van der Waals surface area (Å²) >= 11 is 3.29. The molecule has 0 aliphatic carbocycles. The highest BCUT2D eigenvalue weighted by molar-refractivity contribution is 9.10. The van der Waals surface area contributed by atoms with Gasteiger partial charge in [0.15, 0.2) is 0 Å². The number of aliphatic carboxylic acids is 1. The maximum absolute atomic E-state index is 10.2. The molecule has 0 aromatic carbocycles. The van der Waals surface area contributed by atoms with E-state index in [2.05, 4.69) is 20.9 Å². The number of aromatic nitrogens is 1. The van der Waals surface area contributed by atoms with Crippen LogP contribution in [0.1, 0.15) is 12.1 Å². The van der Waals surface area contributed by atoms with Gasteiger partial charge in [0, 0.05) is 17.1 Å². The van der Waals surface area contributed by atoms with E-state index in [0.29, 0.717) is 6.42 Å². The first-order valence-corrected chi connectivity index (χ1v) is 4.30. The Morgan fingerprint density at radius 1 is 1.67 bits per heavy atom. The van der Waals surface area contributed by atoms with Crippen LogP contribution in [-0.4, -0.2) is 16.1 Å². The molecule has 0 saturated carbocycles. The van der Waals surface area contributed by atoms with Crippen LogP contribution in [0.2, 0.25) is 0 Å². The minimum Gasteiger partial charge on any atom is -0.481 e. The zero-order valence-corrected chi connectivity index (χ0v) is 7.91. The van der Waals surface area contributed by atoms with Crippen molar-refractivity contribution in [3.8, 4) is 0 Å². The Balaban J connectivity index is 2.63. The molecule has 0 aliphatic rings. The highest BCUT2D eigenvalue weighted by Crippen LogP contribution is 2.14. The van der Waals surface area contributed by atoms with E-state index in [1.165, 1.54) is 0 Å². The van der Waals surface area contributed by atoms with Crippen molar-refractivity contribution in [3.05, 3.63) is 28.5 Å². The summed E-state index contributed by atoms with van der Waals surface area (Å²) in [5.74, 6) is -0.799. The fraction of sp³-hybridized carbons (Fsp3) is 0.250. The van der Waals surface area contributed by atoms with E-state index in [-0.39, 0.29) is 6.42 Å². The number of carbonyl (C=O) groups is 1. The third-order valence-electron chi connectivity index (χ3n) is 1.41. The maximum Gasteiger partial charge on any atom is 0.303 e. The van der Waals surface area contributed by atoms with Gasteiger partial charge in [-0.2, -0.15) is 0 Å². The van der Waals surface area contributed by atoms with E-state index >= 15 is 0 Å². The number of nitrogens with zero attached hydrogens (tertiary/aromatic N) is 1. The van der Waals surface area contributed by atoms with Crippen LogP contribution in [0, 0.1) is 0 Å². The first-order valence-electron chi connectivity index (χ1n) is 3.51. The first-order chi connectivity index (χ1) is 5.70. The van der Waals surface area contributed by atoms with Crippen molar-refractivity contribution >= 4 is 21.9 Å². The van der Waals surface area contributed by atoms with Crippen LogP contribution >= 0.6 is 15.9 Å². The van der Waals surface area contributed by atoms with Crippen molar-refractivity contribution in [3.63, 3.8) is 0 Å². The van der Waals surface area contributed by atoms with Crippen molar-refractivity contribution in [2.75, 3.05) is 0 Å². The highest BCUT2D eigenvalue weighted by atomic mass is 79.9. The molecule has 0 saturated heterocycles. The number of pyridine rings is 1. The van der Waals surface area contributed by atoms with Crippen LogP contribution in [0.25, 0.3) is 0 Å². The van der Waals surface area contributed by atoms with Gasteiger partial charge in [-0.25, -0.2) is 0 Å². The van der Waals surface area contributed by atoms with Crippen molar-refractivity contribution in [2.24, 2.45) is 0 Å². The Hall–Kier alpha value is -0.900. The molecule has 0 spiro atoms. The molecule has 0 radical (unpaired) electrons. The molecular weight excluding hydrogens is 222 g/mol. The van der Waals surface area contributed by atoms with E-state index in [4.69, 9.17) is 5.11 Å². The van der Waals surface area contributed by atoms with Crippen molar-refractivity contribution < 1.29 is 9.90 Å². The molecule has 0 atom stereocenters. The summed E-state index contributed by atoms with van der Waals surface area (Å²) in [5.41, 5.74) is 0.792. The molecule has 0 fully saturated rings. The molecule has 0 amide bonds. The van der Waals surface area contributed by atoms with Gasteiger partial charge in [-0.15, -0.1) is 0 Å². The van der Waals surface area contributed by atoms with Gasteiger partial charge in [-0.3, -0.25) is 9.78 Å². The smallest absolute Gasteiger partial charge is 0.303 e. The molecule has 3 nitrogen and oxygen atoms in total. The predicted molar refractivity (Wildman–Crippen MR) is 47.9 cm³/mol. The van der Waals surface area contributed by atoms with Gasteiger partial charge in [0.1, 0.15) is 0 Å². The third-order valence-corrected chi connectivity index (χ3v) is 2.13. The van der Waals surface area contributed by atoms with Gasteiger partial charge >= 0.3 is 5.97 Å². The number of carboxylic acid groups (broad SMARTS) is 1. The van der Waals surface area contributed by atoms with Crippen LogP contribution in [-0.2, 0) is 11.2 Å². The van der Waals surface area contributed by atoms with Gasteiger partial charge in [0.2, 0.25) is 0 Å². The van der Waals surface area contributed by atoms with Gasteiger partial charge in [0.25, 0.3) is 0 Å². The molecule has 1 heterocycles. The summed E-state index contributed by atoms with van der Waals surface area (Å²) in [5, 5.41) is 8.42. The second-order valence-electron chi connectivity index (χ2n) is 2.33.